The van der Waals surface area contributed by atoms with Gasteiger partial charge < -0.3 is 15.4 Å². The predicted octanol–water partition coefficient (Wildman–Crippen LogP) is 3.78. The minimum Gasteiger partial charge on any atom is -0.490 e. The van der Waals surface area contributed by atoms with E-state index in [0.29, 0.717) is 43.1 Å². The van der Waals surface area contributed by atoms with E-state index in [2.05, 4.69) is 15.6 Å². The molecule has 2 unspecified atom stereocenters. The third-order valence-corrected chi connectivity index (χ3v) is 6.47. The largest absolute Gasteiger partial charge is 0.490 e. The van der Waals surface area contributed by atoms with Crippen LogP contribution in [0.3, 0.4) is 0 Å². The lowest BCUT2D eigenvalue weighted by molar-refractivity contribution is 0.285. The van der Waals surface area contributed by atoms with Gasteiger partial charge in [-0.3, -0.25) is 9.20 Å². The molecule has 7 heteroatoms. The number of guanidine groups is 1. The summed E-state index contributed by atoms with van der Waals surface area (Å²) in [5, 5.41) is 6.47. The third kappa shape index (κ3) is 7.41. The van der Waals surface area contributed by atoms with E-state index < -0.39 is 10.8 Å². The Balaban J connectivity index is 1.94. The van der Waals surface area contributed by atoms with Crippen molar-refractivity contribution >= 4 is 16.8 Å². The van der Waals surface area contributed by atoms with Gasteiger partial charge in [0.25, 0.3) is 0 Å². The van der Waals surface area contributed by atoms with Gasteiger partial charge in [0.15, 0.2) is 17.5 Å². The van der Waals surface area contributed by atoms with Crippen molar-refractivity contribution < 1.29 is 13.3 Å². The number of hydrogen-bond acceptors (Lipinski definition) is 3. The number of nitrogens with zero attached hydrogens (tertiary/aromatic N) is 1. The quantitative estimate of drug-likeness (QED) is 0.480. The lowest BCUT2D eigenvalue weighted by atomic mass is 10.1. The number of benzene rings is 1. The summed E-state index contributed by atoms with van der Waals surface area (Å²) in [6.45, 7) is 11.6. The molecule has 0 heterocycles. The first-order valence-electron chi connectivity index (χ1n) is 10.1. The van der Waals surface area contributed by atoms with Crippen molar-refractivity contribution in [3.63, 3.8) is 0 Å². The summed E-state index contributed by atoms with van der Waals surface area (Å²) in [7, 11) is -0.939. The van der Waals surface area contributed by atoms with Crippen LogP contribution in [0, 0.1) is 11.7 Å². The Labute approximate surface area is 171 Å². The molecule has 1 fully saturated rings. The molecule has 0 saturated heterocycles. The zero-order valence-electron chi connectivity index (χ0n) is 17.7. The highest BCUT2D eigenvalue weighted by atomic mass is 32.2. The monoisotopic (exact) mass is 411 g/mol. The molecule has 2 rings (SSSR count). The fourth-order valence-electron chi connectivity index (χ4n) is 2.55. The van der Waals surface area contributed by atoms with Crippen LogP contribution in [0.15, 0.2) is 23.2 Å². The maximum atomic E-state index is 14.3. The number of rotatable bonds is 9. The molecule has 2 N–H and O–H groups in total. The molecule has 28 heavy (non-hydrogen) atoms. The van der Waals surface area contributed by atoms with Crippen molar-refractivity contribution in [1.29, 1.82) is 0 Å². The normalized spacial score (nSPS) is 17.1. The first-order chi connectivity index (χ1) is 13.2. The zero-order chi connectivity index (χ0) is 20.7. The molecule has 1 aromatic rings. The summed E-state index contributed by atoms with van der Waals surface area (Å²) in [5.74, 6) is 1.71. The fourth-order valence-corrected chi connectivity index (χ4v) is 3.42. The SMILES string of the molecule is CCNC(=NCCS(=O)C(C)(C)C)NC(C)c1ccc(OCC2CC2)c(F)c1. The standard InChI is InChI=1S/C21H34FN3O2S/c1-6-23-20(24-11-12-28(26)21(3,4)5)25-15(2)17-9-10-19(18(22)13-17)27-14-16-7-8-16/h9-10,13,15-16H,6-8,11-12,14H2,1-5H3,(H2,23,24,25). The predicted molar refractivity (Wildman–Crippen MR) is 115 cm³/mol. The van der Waals surface area contributed by atoms with Crippen molar-refractivity contribution in [2.75, 3.05) is 25.4 Å². The van der Waals surface area contributed by atoms with Crippen LogP contribution in [0.4, 0.5) is 4.39 Å². The highest BCUT2D eigenvalue weighted by molar-refractivity contribution is 7.86. The summed E-state index contributed by atoms with van der Waals surface area (Å²) >= 11 is 0. The van der Waals surface area contributed by atoms with Crippen molar-refractivity contribution in [2.24, 2.45) is 10.9 Å². The minimum atomic E-state index is -0.939. The highest BCUT2D eigenvalue weighted by Gasteiger charge is 2.23. The Morgan fingerprint density at radius 3 is 2.68 bits per heavy atom. The molecule has 0 spiro atoms. The highest BCUT2D eigenvalue weighted by Crippen LogP contribution is 2.30. The molecular formula is C21H34FN3O2S. The summed E-state index contributed by atoms with van der Waals surface area (Å²) in [6, 6.07) is 4.96. The minimum absolute atomic E-state index is 0.127. The third-order valence-electron chi connectivity index (χ3n) is 4.55. The van der Waals surface area contributed by atoms with Gasteiger partial charge in [-0.15, -0.1) is 0 Å². The van der Waals surface area contributed by atoms with E-state index >= 15 is 0 Å². The van der Waals surface area contributed by atoms with Gasteiger partial charge in [-0.05, 0) is 71.1 Å². The summed E-state index contributed by atoms with van der Waals surface area (Å²) in [6.07, 6.45) is 2.35. The van der Waals surface area contributed by atoms with Crippen molar-refractivity contribution in [3.05, 3.63) is 29.6 Å². The van der Waals surface area contributed by atoms with Crippen LogP contribution in [-0.4, -0.2) is 40.4 Å². The zero-order valence-corrected chi connectivity index (χ0v) is 18.5. The van der Waals surface area contributed by atoms with Crippen molar-refractivity contribution in [3.8, 4) is 5.75 Å². The molecule has 0 radical (unpaired) electrons. The second-order valence-corrected chi connectivity index (χ2v) is 10.6. The summed E-state index contributed by atoms with van der Waals surface area (Å²) in [5.41, 5.74) is 0.820. The second-order valence-electron chi connectivity index (χ2n) is 8.23. The number of ether oxygens (including phenoxy) is 1. The Kier molecular flexibility index (Phi) is 8.28. The van der Waals surface area contributed by atoms with Gasteiger partial charge in [0.05, 0.1) is 19.2 Å². The molecule has 1 aromatic carbocycles. The number of hydrogen-bond donors (Lipinski definition) is 2. The number of aliphatic imine (C=N–C) groups is 1. The molecule has 2 atom stereocenters. The van der Waals surface area contributed by atoms with Gasteiger partial charge >= 0.3 is 0 Å². The number of nitrogens with one attached hydrogen (secondary N) is 2. The van der Waals surface area contributed by atoms with Crippen LogP contribution in [0.2, 0.25) is 0 Å². The van der Waals surface area contributed by atoms with E-state index in [-0.39, 0.29) is 16.6 Å². The molecule has 0 aliphatic heterocycles. The fraction of sp³-hybridized carbons (Fsp3) is 0.667. The van der Waals surface area contributed by atoms with Crippen molar-refractivity contribution in [1.82, 2.24) is 10.6 Å². The Bertz CT molecular complexity index is 699. The van der Waals surface area contributed by atoms with Crippen molar-refractivity contribution in [2.45, 2.75) is 58.2 Å². The first kappa shape index (κ1) is 22.7. The molecule has 0 amide bonds. The Morgan fingerprint density at radius 1 is 1.39 bits per heavy atom. The Morgan fingerprint density at radius 2 is 2.11 bits per heavy atom. The average Bonchev–Trinajstić information content (AvgIpc) is 3.44. The second kappa shape index (κ2) is 10.2. The summed E-state index contributed by atoms with van der Waals surface area (Å²) < 4.78 is 31.8. The van der Waals surface area contributed by atoms with Gasteiger partial charge in [0, 0.05) is 27.8 Å². The average molecular weight is 412 g/mol. The molecule has 1 aliphatic rings. The van der Waals surface area contributed by atoms with Gasteiger partial charge in [-0.1, -0.05) is 6.07 Å². The van der Waals surface area contributed by atoms with E-state index in [1.807, 2.05) is 40.7 Å². The van der Waals surface area contributed by atoms with E-state index in [1.165, 1.54) is 18.9 Å². The van der Waals surface area contributed by atoms with Crippen LogP contribution < -0.4 is 15.4 Å². The lowest BCUT2D eigenvalue weighted by Crippen LogP contribution is -2.39. The molecule has 0 bridgehead atoms. The topological polar surface area (TPSA) is 62.7 Å². The summed E-state index contributed by atoms with van der Waals surface area (Å²) in [4.78, 5) is 4.51. The molecule has 1 aliphatic carbocycles. The van der Waals surface area contributed by atoms with E-state index in [9.17, 15) is 8.60 Å². The van der Waals surface area contributed by atoms with Gasteiger partial charge in [-0.25, -0.2) is 4.39 Å². The number of halogens is 1. The van der Waals surface area contributed by atoms with E-state index in [1.54, 1.807) is 6.07 Å². The smallest absolute Gasteiger partial charge is 0.191 e. The van der Waals surface area contributed by atoms with Crippen LogP contribution >= 0.6 is 0 Å². The van der Waals surface area contributed by atoms with Crippen LogP contribution in [0.5, 0.6) is 5.75 Å². The Hall–Kier alpha value is -1.63. The van der Waals surface area contributed by atoms with E-state index in [0.717, 1.165) is 5.56 Å². The van der Waals surface area contributed by atoms with Crippen LogP contribution in [0.1, 0.15) is 59.1 Å². The molecule has 1 saturated carbocycles. The van der Waals surface area contributed by atoms with Crippen LogP contribution in [-0.2, 0) is 10.8 Å². The van der Waals surface area contributed by atoms with Gasteiger partial charge in [-0.2, -0.15) is 0 Å². The molecule has 0 aromatic heterocycles. The maximum absolute atomic E-state index is 14.3. The lowest BCUT2D eigenvalue weighted by Gasteiger charge is -2.20. The molecule has 5 nitrogen and oxygen atoms in total. The molecule has 158 valence electrons. The maximum Gasteiger partial charge on any atom is 0.191 e. The van der Waals surface area contributed by atoms with Gasteiger partial charge in [0.1, 0.15) is 0 Å². The molecular weight excluding hydrogens is 377 g/mol. The van der Waals surface area contributed by atoms with Gasteiger partial charge in [0.2, 0.25) is 0 Å². The van der Waals surface area contributed by atoms with Crippen LogP contribution in [0.25, 0.3) is 0 Å². The van der Waals surface area contributed by atoms with E-state index in [4.69, 9.17) is 4.74 Å². The first-order valence-corrected chi connectivity index (χ1v) is 11.4.